The van der Waals surface area contributed by atoms with E-state index in [2.05, 4.69) is 16.8 Å². The number of rotatable bonds is 2. The van der Waals surface area contributed by atoms with Crippen LogP contribution in [0.25, 0.3) is 10.9 Å². The van der Waals surface area contributed by atoms with Gasteiger partial charge in [0.05, 0.1) is 16.9 Å². The Kier molecular flexibility index (Phi) is 3.46. The third-order valence-corrected chi connectivity index (χ3v) is 3.70. The smallest absolute Gasteiger partial charge is 0.0770 e. The molecule has 0 radical (unpaired) electrons. The van der Waals surface area contributed by atoms with Crippen molar-refractivity contribution in [2.75, 3.05) is 19.0 Å². The molecule has 0 unspecified atom stereocenters. The van der Waals surface area contributed by atoms with Crippen molar-refractivity contribution in [3.05, 3.63) is 34.0 Å². The molecule has 18 heavy (non-hydrogen) atoms. The fourth-order valence-electron chi connectivity index (χ4n) is 2.34. The Morgan fingerprint density at radius 1 is 1.22 bits per heavy atom. The highest BCUT2D eigenvalue weighted by Crippen LogP contribution is 2.33. The molecule has 0 saturated carbocycles. The van der Waals surface area contributed by atoms with Crippen LogP contribution in [0.3, 0.4) is 0 Å². The van der Waals surface area contributed by atoms with Gasteiger partial charge in [0.1, 0.15) is 0 Å². The zero-order valence-electron chi connectivity index (χ0n) is 11.2. The van der Waals surface area contributed by atoms with Gasteiger partial charge >= 0.3 is 0 Å². The van der Waals surface area contributed by atoms with E-state index >= 15 is 0 Å². The summed E-state index contributed by atoms with van der Waals surface area (Å²) in [4.78, 5) is 6.76. The van der Waals surface area contributed by atoms with Crippen LogP contribution in [0, 0.1) is 13.8 Å². The zero-order chi connectivity index (χ0) is 13.4. The Morgan fingerprint density at radius 2 is 1.89 bits per heavy atom. The van der Waals surface area contributed by atoms with E-state index in [9.17, 15) is 0 Å². The van der Waals surface area contributed by atoms with Crippen LogP contribution in [0.4, 0.5) is 5.69 Å². The molecule has 0 fully saturated rings. The molecule has 0 atom stereocenters. The van der Waals surface area contributed by atoms with E-state index in [1.165, 1.54) is 5.69 Å². The lowest BCUT2D eigenvalue weighted by Crippen LogP contribution is -2.14. The molecule has 1 aromatic carbocycles. The Balaban J connectivity index is 2.95. The van der Waals surface area contributed by atoms with Crippen LogP contribution in [-0.4, -0.2) is 19.1 Å². The van der Waals surface area contributed by atoms with Gasteiger partial charge in [0.15, 0.2) is 0 Å². The molecule has 4 heteroatoms. The Bertz CT molecular complexity index is 606. The van der Waals surface area contributed by atoms with Crippen molar-refractivity contribution < 1.29 is 0 Å². The number of nitrogens with zero attached hydrogens (tertiary/aromatic N) is 2. The van der Waals surface area contributed by atoms with Crippen molar-refractivity contribution in [1.29, 1.82) is 0 Å². The van der Waals surface area contributed by atoms with Gasteiger partial charge < -0.3 is 10.6 Å². The van der Waals surface area contributed by atoms with Crippen LogP contribution in [0.15, 0.2) is 12.1 Å². The van der Waals surface area contributed by atoms with Gasteiger partial charge in [-0.15, -0.1) is 0 Å². The summed E-state index contributed by atoms with van der Waals surface area (Å²) in [6.07, 6.45) is 0. The van der Waals surface area contributed by atoms with Crippen molar-refractivity contribution in [3.8, 4) is 0 Å². The highest BCUT2D eigenvalue weighted by molar-refractivity contribution is 6.32. The maximum absolute atomic E-state index is 6.17. The fraction of sp³-hybridized carbons (Fsp3) is 0.357. The Morgan fingerprint density at radius 3 is 2.44 bits per heavy atom. The monoisotopic (exact) mass is 263 g/mol. The second-order valence-electron chi connectivity index (χ2n) is 4.70. The molecular formula is C14H18ClN3. The summed E-state index contributed by atoms with van der Waals surface area (Å²) in [5.74, 6) is 0. The second-order valence-corrected chi connectivity index (χ2v) is 5.11. The SMILES string of the molecule is Cc1c(CN)nc2c(C)c(Cl)ccc2c1N(C)C. The minimum Gasteiger partial charge on any atom is -0.377 e. The molecule has 2 rings (SSSR count). The number of pyridine rings is 1. The minimum atomic E-state index is 0.439. The van der Waals surface area contributed by atoms with E-state index in [4.69, 9.17) is 17.3 Å². The zero-order valence-corrected chi connectivity index (χ0v) is 12.0. The first-order valence-electron chi connectivity index (χ1n) is 5.93. The maximum Gasteiger partial charge on any atom is 0.0770 e. The average Bonchev–Trinajstić information content (AvgIpc) is 2.33. The van der Waals surface area contributed by atoms with Crippen molar-refractivity contribution in [2.24, 2.45) is 5.73 Å². The number of anilines is 1. The van der Waals surface area contributed by atoms with Gasteiger partial charge in [-0.1, -0.05) is 11.6 Å². The van der Waals surface area contributed by atoms with Crippen LogP contribution in [0.2, 0.25) is 5.02 Å². The molecule has 2 N–H and O–H groups in total. The predicted octanol–water partition coefficient (Wildman–Crippen LogP) is 3.03. The summed E-state index contributed by atoms with van der Waals surface area (Å²) < 4.78 is 0. The molecule has 1 aromatic heterocycles. The second kappa shape index (κ2) is 4.75. The molecule has 2 aromatic rings. The Hall–Kier alpha value is -1.32. The first-order valence-corrected chi connectivity index (χ1v) is 6.30. The van der Waals surface area contributed by atoms with E-state index in [1.807, 2.05) is 33.2 Å². The van der Waals surface area contributed by atoms with Gasteiger partial charge in [-0.3, -0.25) is 4.98 Å². The van der Waals surface area contributed by atoms with Crippen molar-refractivity contribution >= 4 is 28.2 Å². The quantitative estimate of drug-likeness (QED) is 0.906. The van der Waals surface area contributed by atoms with Crippen LogP contribution in [-0.2, 0) is 6.54 Å². The molecule has 0 aliphatic heterocycles. The van der Waals surface area contributed by atoms with Gasteiger partial charge in [0.25, 0.3) is 0 Å². The van der Waals surface area contributed by atoms with Crippen LogP contribution in [0.1, 0.15) is 16.8 Å². The fourth-order valence-corrected chi connectivity index (χ4v) is 2.50. The minimum absolute atomic E-state index is 0.439. The normalized spacial score (nSPS) is 11.0. The molecule has 96 valence electrons. The number of benzene rings is 1. The number of hydrogen-bond donors (Lipinski definition) is 1. The van der Waals surface area contributed by atoms with Crippen LogP contribution < -0.4 is 10.6 Å². The molecular weight excluding hydrogens is 246 g/mol. The standard InChI is InChI=1S/C14H18ClN3/c1-8-11(15)6-5-10-13(8)17-12(7-16)9(2)14(10)18(3)4/h5-6H,7,16H2,1-4H3. The van der Waals surface area contributed by atoms with Gasteiger partial charge in [-0.25, -0.2) is 0 Å². The molecule has 0 amide bonds. The van der Waals surface area contributed by atoms with Crippen molar-refractivity contribution in [3.63, 3.8) is 0 Å². The van der Waals surface area contributed by atoms with Crippen molar-refractivity contribution in [1.82, 2.24) is 4.98 Å². The van der Waals surface area contributed by atoms with E-state index in [0.717, 1.165) is 32.7 Å². The number of halogens is 1. The lowest BCUT2D eigenvalue weighted by molar-refractivity contribution is 0.973. The summed E-state index contributed by atoms with van der Waals surface area (Å²) in [5, 5.41) is 1.86. The number of fused-ring (bicyclic) bond motifs is 1. The van der Waals surface area contributed by atoms with E-state index in [-0.39, 0.29) is 0 Å². The largest absolute Gasteiger partial charge is 0.377 e. The molecule has 0 aliphatic rings. The number of aromatic nitrogens is 1. The highest BCUT2D eigenvalue weighted by atomic mass is 35.5. The van der Waals surface area contributed by atoms with E-state index < -0.39 is 0 Å². The van der Waals surface area contributed by atoms with Crippen LogP contribution >= 0.6 is 11.6 Å². The summed E-state index contributed by atoms with van der Waals surface area (Å²) >= 11 is 6.17. The summed E-state index contributed by atoms with van der Waals surface area (Å²) in [6, 6.07) is 3.95. The third-order valence-electron chi connectivity index (χ3n) is 3.30. The van der Waals surface area contributed by atoms with Gasteiger partial charge in [-0.2, -0.15) is 0 Å². The molecule has 0 saturated heterocycles. The molecule has 0 aliphatic carbocycles. The first kappa shape index (κ1) is 13.1. The average molecular weight is 264 g/mol. The molecule has 0 bridgehead atoms. The maximum atomic E-state index is 6.17. The molecule has 0 spiro atoms. The summed E-state index contributed by atoms with van der Waals surface area (Å²) in [6.45, 7) is 4.50. The number of hydrogen-bond acceptors (Lipinski definition) is 3. The number of nitrogens with two attached hydrogens (primary N) is 1. The van der Waals surface area contributed by atoms with Gasteiger partial charge in [-0.05, 0) is 37.1 Å². The highest BCUT2D eigenvalue weighted by Gasteiger charge is 2.14. The van der Waals surface area contributed by atoms with Gasteiger partial charge in [0, 0.05) is 31.0 Å². The van der Waals surface area contributed by atoms with E-state index in [1.54, 1.807) is 0 Å². The van der Waals surface area contributed by atoms with Crippen molar-refractivity contribution in [2.45, 2.75) is 20.4 Å². The summed E-state index contributed by atoms with van der Waals surface area (Å²) in [5.41, 5.74) is 11.0. The molecule has 1 heterocycles. The van der Waals surface area contributed by atoms with Gasteiger partial charge in [0.2, 0.25) is 0 Å². The number of aryl methyl sites for hydroxylation is 1. The molecule has 3 nitrogen and oxygen atoms in total. The first-order chi connectivity index (χ1) is 8.47. The van der Waals surface area contributed by atoms with E-state index in [0.29, 0.717) is 6.54 Å². The predicted molar refractivity (Wildman–Crippen MR) is 78.4 cm³/mol. The third kappa shape index (κ3) is 1.93. The topological polar surface area (TPSA) is 42.1 Å². The summed E-state index contributed by atoms with van der Waals surface area (Å²) in [7, 11) is 4.07. The Labute approximate surface area is 113 Å². The van der Waals surface area contributed by atoms with Crippen LogP contribution in [0.5, 0.6) is 0 Å². The lowest BCUT2D eigenvalue weighted by Gasteiger charge is -2.21. The lowest BCUT2D eigenvalue weighted by atomic mass is 10.0.